The van der Waals surface area contributed by atoms with Crippen molar-refractivity contribution in [2.24, 2.45) is 0 Å². The first kappa shape index (κ1) is 19.1. The van der Waals surface area contributed by atoms with E-state index in [9.17, 15) is 4.79 Å². The highest BCUT2D eigenvalue weighted by molar-refractivity contribution is 6.31. The summed E-state index contributed by atoms with van der Waals surface area (Å²) in [5.74, 6) is 0.681. The fourth-order valence-electron chi connectivity index (χ4n) is 2.46. The Hall–Kier alpha value is -0.970. The number of carbonyl (C=O) groups is 1. The maximum absolute atomic E-state index is 12.1. The van der Waals surface area contributed by atoms with Crippen molar-refractivity contribution in [3.05, 3.63) is 23.2 Å². The lowest BCUT2D eigenvalue weighted by molar-refractivity contribution is -0.116. The lowest BCUT2D eigenvalue weighted by atomic mass is 10.1. The number of ether oxygens (including phenoxy) is 1. The topological polar surface area (TPSA) is 50.4 Å². The first-order valence-corrected chi connectivity index (χ1v) is 8.02. The van der Waals surface area contributed by atoms with E-state index in [4.69, 9.17) is 16.3 Å². The van der Waals surface area contributed by atoms with Gasteiger partial charge in [-0.15, -0.1) is 12.4 Å². The van der Waals surface area contributed by atoms with Crippen LogP contribution >= 0.6 is 24.0 Å². The third kappa shape index (κ3) is 6.03. The van der Waals surface area contributed by atoms with E-state index >= 15 is 0 Å². The SMILES string of the molecule is CCCOc1ccc(Cl)cc1NC(=O)CCC1CCCN1.Cl. The molecule has 124 valence electrons. The maximum atomic E-state index is 12.1. The van der Waals surface area contributed by atoms with Crippen LogP contribution in [0.15, 0.2) is 18.2 Å². The maximum Gasteiger partial charge on any atom is 0.224 e. The van der Waals surface area contributed by atoms with Crippen LogP contribution in [0, 0.1) is 0 Å². The average molecular weight is 347 g/mol. The van der Waals surface area contributed by atoms with E-state index in [0.29, 0.717) is 35.5 Å². The van der Waals surface area contributed by atoms with Gasteiger partial charge in [0.2, 0.25) is 5.91 Å². The Kier molecular flexibility index (Phi) is 8.61. The molecule has 1 unspecified atom stereocenters. The fraction of sp³-hybridized carbons (Fsp3) is 0.562. The Balaban J connectivity index is 0.00000242. The van der Waals surface area contributed by atoms with Gasteiger partial charge in [0.15, 0.2) is 0 Å². The molecule has 1 saturated heterocycles. The zero-order valence-corrected chi connectivity index (χ0v) is 14.4. The Morgan fingerprint density at radius 1 is 1.50 bits per heavy atom. The molecule has 1 aliphatic heterocycles. The van der Waals surface area contributed by atoms with Gasteiger partial charge in [-0.3, -0.25) is 4.79 Å². The summed E-state index contributed by atoms with van der Waals surface area (Å²) in [6.07, 6.45) is 4.67. The zero-order valence-electron chi connectivity index (χ0n) is 12.9. The van der Waals surface area contributed by atoms with Crippen LogP contribution in [0.5, 0.6) is 5.75 Å². The highest BCUT2D eigenvalue weighted by Gasteiger charge is 2.16. The first-order chi connectivity index (χ1) is 10.2. The molecule has 0 saturated carbocycles. The van der Waals surface area contributed by atoms with E-state index in [-0.39, 0.29) is 18.3 Å². The molecule has 0 aliphatic carbocycles. The van der Waals surface area contributed by atoms with Crippen molar-refractivity contribution in [2.45, 2.75) is 45.1 Å². The molecular formula is C16H24Cl2N2O2. The molecule has 2 N–H and O–H groups in total. The molecule has 1 amide bonds. The van der Waals surface area contributed by atoms with E-state index in [1.807, 2.05) is 6.92 Å². The van der Waals surface area contributed by atoms with Gasteiger partial charge < -0.3 is 15.4 Å². The molecule has 1 fully saturated rings. The minimum atomic E-state index is 0. The summed E-state index contributed by atoms with van der Waals surface area (Å²) >= 11 is 6.00. The number of hydrogen-bond acceptors (Lipinski definition) is 3. The van der Waals surface area contributed by atoms with Crippen molar-refractivity contribution >= 4 is 35.6 Å². The van der Waals surface area contributed by atoms with Crippen LogP contribution in [0.4, 0.5) is 5.69 Å². The quantitative estimate of drug-likeness (QED) is 0.783. The summed E-state index contributed by atoms with van der Waals surface area (Å²) in [5, 5.41) is 6.90. The Morgan fingerprint density at radius 2 is 2.32 bits per heavy atom. The van der Waals surface area contributed by atoms with Gasteiger partial charge >= 0.3 is 0 Å². The van der Waals surface area contributed by atoms with E-state index < -0.39 is 0 Å². The van der Waals surface area contributed by atoms with Crippen LogP contribution in [0.1, 0.15) is 39.0 Å². The Labute approximate surface area is 143 Å². The van der Waals surface area contributed by atoms with E-state index in [1.165, 1.54) is 6.42 Å². The van der Waals surface area contributed by atoms with Gasteiger partial charge in [0.1, 0.15) is 5.75 Å². The van der Waals surface area contributed by atoms with Gasteiger partial charge in [0.25, 0.3) is 0 Å². The Bertz CT molecular complexity index is 477. The van der Waals surface area contributed by atoms with Gasteiger partial charge in [-0.1, -0.05) is 18.5 Å². The monoisotopic (exact) mass is 346 g/mol. The average Bonchev–Trinajstić information content (AvgIpc) is 2.98. The number of benzene rings is 1. The molecule has 22 heavy (non-hydrogen) atoms. The number of anilines is 1. The summed E-state index contributed by atoms with van der Waals surface area (Å²) < 4.78 is 5.63. The van der Waals surface area contributed by atoms with Crippen molar-refractivity contribution in [1.29, 1.82) is 0 Å². The molecule has 1 aromatic carbocycles. The Morgan fingerprint density at radius 3 is 3.00 bits per heavy atom. The largest absolute Gasteiger partial charge is 0.491 e. The number of nitrogens with one attached hydrogen (secondary N) is 2. The molecule has 0 bridgehead atoms. The van der Waals surface area contributed by atoms with Crippen molar-refractivity contribution in [1.82, 2.24) is 5.32 Å². The van der Waals surface area contributed by atoms with Gasteiger partial charge in [-0.25, -0.2) is 0 Å². The minimum Gasteiger partial charge on any atom is -0.491 e. The highest BCUT2D eigenvalue weighted by Crippen LogP contribution is 2.28. The molecule has 1 heterocycles. The lowest BCUT2D eigenvalue weighted by Gasteiger charge is -2.13. The van der Waals surface area contributed by atoms with Crippen LogP contribution in [0.25, 0.3) is 0 Å². The van der Waals surface area contributed by atoms with Crippen molar-refractivity contribution < 1.29 is 9.53 Å². The molecule has 0 spiro atoms. The smallest absolute Gasteiger partial charge is 0.224 e. The molecule has 1 aliphatic rings. The van der Waals surface area contributed by atoms with Crippen molar-refractivity contribution in [3.8, 4) is 5.75 Å². The lowest BCUT2D eigenvalue weighted by Crippen LogP contribution is -2.23. The van der Waals surface area contributed by atoms with Crippen LogP contribution in [0.3, 0.4) is 0 Å². The number of carbonyl (C=O) groups excluding carboxylic acids is 1. The second kappa shape index (κ2) is 9.93. The van der Waals surface area contributed by atoms with E-state index in [1.54, 1.807) is 18.2 Å². The molecule has 6 heteroatoms. The summed E-state index contributed by atoms with van der Waals surface area (Å²) in [6.45, 7) is 3.73. The van der Waals surface area contributed by atoms with Gasteiger partial charge in [-0.05, 0) is 50.4 Å². The summed E-state index contributed by atoms with van der Waals surface area (Å²) in [4.78, 5) is 12.1. The minimum absolute atomic E-state index is 0. The number of hydrogen-bond donors (Lipinski definition) is 2. The molecular weight excluding hydrogens is 323 g/mol. The highest BCUT2D eigenvalue weighted by atomic mass is 35.5. The number of halogens is 2. The summed E-state index contributed by atoms with van der Waals surface area (Å²) in [5.41, 5.74) is 0.653. The normalized spacial score (nSPS) is 16.9. The number of amides is 1. The predicted molar refractivity (Wildman–Crippen MR) is 93.4 cm³/mol. The van der Waals surface area contributed by atoms with Crippen LogP contribution in [0.2, 0.25) is 5.02 Å². The zero-order chi connectivity index (χ0) is 15.1. The van der Waals surface area contributed by atoms with E-state index in [0.717, 1.165) is 25.8 Å². The van der Waals surface area contributed by atoms with Crippen LogP contribution < -0.4 is 15.4 Å². The van der Waals surface area contributed by atoms with E-state index in [2.05, 4.69) is 10.6 Å². The first-order valence-electron chi connectivity index (χ1n) is 7.64. The predicted octanol–water partition coefficient (Wildman–Crippen LogP) is 4.02. The fourth-order valence-corrected chi connectivity index (χ4v) is 2.63. The molecule has 0 radical (unpaired) electrons. The van der Waals surface area contributed by atoms with Crippen molar-refractivity contribution in [3.63, 3.8) is 0 Å². The molecule has 2 rings (SSSR count). The third-order valence-electron chi connectivity index (χ3n) is 3.56. The molecule has 1 aromatic rings. The molecule has 0 aromatic heterocycles. The van der Waals surface area contributed by atoms with Gasteiger partial charge in [0, 0.05) is 17.5 Å². The second-order valence-electron chi connectivity index (χ2n) is 5.37. The molecule has 4 nitrogen and oxygen atoms in total. The van der Waals surface area contributed by atoms with Crippen molar-refractivity contribution in [2.75, 3.05) is 18.5 Å². The summed E-state index contributed by atoms with van der Waals surface area (Å²) in [7, 11) is 0. The van der Waals surface area contributed by atoms with Gasteiger partial charge in [0.05, 0.1) is 12.3 Å². The molecule has 1 atom stereocenters. The standard InChI is InChI=1S/C16H23ClN2O2.ClH/c1-2-10-21-15-7-5-12(17)11-14(15)19-16(20)8-6-13-4-3-9-18-13;/h5,7,11,13,18H,2-4,6,8-10H2,1H3,(H,19,20);1H. The van der Waals surface area contributed by atoms with Crippen LogP contribution in [-0.4, -0.2) is 25.1 Å². The third-order valence-corrected chi connectivity index (χ3v) is 3.79. The summed E-state index contributed by atoms with van der Waals surface area (Å²) in [6, 6.07) is 5.78. The van der Waals surface area contributed by atoms with Gasteiger partial charge in [-0.2, -0.15) is 0 Å². The van der Waals surface area contributed by atoms with Crippen LogP contribution in [-0.2, 0) is 4.79 Å². The number of rotatable bonds is 7. The second-order valence-corrected chi connectivity index (χ2v) is 5.81.